The normalized spacial score (nSPS) is 23.1. The molecule has 4 saturated heterocycles. The Morgan fingerprint density at radius 2 is 1.47 bits per heavy atom. The van der Waals surface area contributed by atoms with Crippen LogP contribution >= 0.6 is 0 Å². The Bertz CT molecular complexity index is 1180. The Kier molecular flexibility index (Phi) is 10.2. The maximum atomic E-state index is 13.4. The molecule has 0 aromatic heterocycles. The monoisotopic (exact) mass is 619 g/mol. The van der Waals surface area contributed by atoms with E-state index in [0.717, 1.165) is 57.7 Å². The Labute approximate surface area is 256 Å². The molecule has 1 aromatic rings. The third kappa shape index (κ3) is 8.40. The highest BCUT2D eigenvalue weighted by Gasteiger charge is 2.42. The molecule has 0 aliphatic carbocycles. The summed E-state index contributed by atoms with van der Waals surface area (Å²) in [5.41, 5.74) is 0.455. The van der Waals surface area contributed by atoms with E-state index in [9.17, 15) is 18.0 Å². The lowest BCUT2D eigenvalue weighted by molar-refractivity contribution is -0.0256. The molecule has 0 saturated carbocycles. The number of alkyl carbamates (subject to hydrolysis) is 1. The van der Waals surface area contributed by atoms with Crippen LogP contribution in [0.3, 0.4) is 0 Å². The SMILES string of the molecule is CC(C)(C)OC(=O)N1CCC(N2CC(N3CCC(S(=O)(=O)N4CCC(NC(=O)OCc5ccccc5)CC4)CC3)C2)CC1. The highest BCUT2D eigenvalue weighted by Crippen LogP contribution is 2.30. The number of hydrogen-bond donors (Lipinski definition) is 1. The number of rotatable bonds is 7. The van der Waals surface area contributed by atoms with Gasteiger partial charge in [0.15, 0.2) is 0 Å². The summed E-state index contributed by atoms with van der Waals surface area (Å²) >= 11 is 0. The van der Waals surface area contributed by atoms with Gasteiger partial charge < -0.3 is 19.7 Å². The Morgan fingerprint density at radius 3 is 2.07 bits per heavy atom. The average molecular weight is 620 g/mol. The molecule has 1 aromatic carbocycles. The van der Waals surface area contributed by atoms with Crippen molar-refractivity contribution in [2.24, 2.45) is 0 Å². The third-order valence-corrected chi connectivity index (χ3v) is 11.7. The number of amides is 2. The van der Waals surface area contributed by atoms with Gasteiger partial charge in [0.1, 0.15) is 12.2 Å². The lowest BCUT2D eigenvalue weighted by Crippen LogP contribution is -2.65. The minimum Gasteiger partial charge on any atom is -0.445 e. The molecule has 0 spiro atoms. The van der Waals surface area contributed by atoms with Crippen LogP contribution in [0, 0.1) is 0 Å². The molecule has 0 radical (unpaired) electrons. The Hall–Kier alpha value is -2.41. The summed E-state index contributed by atoms with van der Waals surface area (Å²) < 4.78 is 39.4. The van der Waals surface area contributed by atoms with Gasteiger partial charge in [0.2, 0.25) is 10.0 Å². The molecule has 2 amide bonds. The smallest absolute Gasteiger partial charge is 0.410 e. The van der Waals surface area contributed by atoms with E-state index in [1.165, 1.54) is 0 Å². The van der Waals surface area contributed by atoms with Crippen molar-refractivity contribution >= 4 is 22.2 Å². The van der Waals surface area contributed by atoms with E-state index in [1.807, 2.05) is 56.0 Å². The fourth-order valence-corrected chi connectivity index (χ4v) is 8.64. The van der Waals surface area contributed by atoms with Gasteiger partial charge in [-0.25, -0.2) is 22.3 Å². The van der Waals surface area contributed by atoms with E-state index >= 15 is 0 Å². The van der Waals surface area contributed by atoms with Gasteiger partial charge in [-0.1, -0.05) is 30.3 Å². The van der Waals surface area contributed by atoms with Crippen molar-refractivity contribution in [3.63, 3.8) is 0 Å². The molecule has 240 valence electrons. The molecule has 4 fully saturated rings. The number of likely N-dealkylation sites (tertiary alicyclic amines) is 3. The predicted octanol–water partition coefficient (Wildman–Crippen LogP) is 3.26. The predicted molar refractivity (Wildman–Crippen MR) is 164 cm³/mol. The van der Waals surface area contributed by atoms with E-state index < -0.39 is 21.7 Å². The highest BCUT2D eigenvalue weighted by molar-refractivity contribution is 7.89. The molecule has 0 atom stereocenters. The molecule has 5 rings (SSSR count). The standard InChI is InChI=1S/C31H49N5O6S/c1-31(2,3)42-30(38)34-15-11-26(12-16-34)35-21-27(22-35)33-17-13-28(14-18-33)43(39,40)36-19-9-25(10-20-36)32-29(37)41-23-24-7-5-4-6-8-24/h4-8,25-28H,9-23H2,1-3H3,(H,32,37). The molecule has 11 nitrogen and oxygen atoms in total. The van der Waals surface area contributed by atoms with E-state index in [4.69, 9.17) is 9.47 Å². The minimum atomic E-state index is -3.36. The minimum absolute atomic E-state index is 0.0809. The van der Waals surface area contributed by atoms with E-state index in [2.05, 4.69) is 15.1 Å². The first-order chi connectivity index (χ1) is 20.5. The first kappa shape index (κ1) is 32.0. The summed E-state index contributed by atoms with van der Waals surface area (Å²) in [7, 11) is -3.36. The van der Waals surface area contributed by atoms with E-state index in [-0.39, 0.29) is 24.0 Å². The maximum Gasteiger partial charge on any atom is 0.410 e. The zero-order valence-corrected chi connectivity index (χ0v) is 26.8. The number of nitrogens with one attached hydrogen (secondary N) is 1. The molecule has 4 heterocycles. The van der Waals surface area contributed by atoms with E-state index in [1.54, 1.807) is 4.31 Å². The molecule has 0 bridgehead atoms. The van der Waals surface area contributed by atoms with E-state index in [0.29, 0.717) is 50.9 Å². The summed E-state index contributed by atoms with van der Waals surface area (Å²) in [5, 5.41) is 2.56. The van der Waals surface area contributed by atoms with Crippen LogP contribution in [0.4, 0.5) is 9.59 Å². The van der Waals surface area contributed by atoms with Crippen molar-refractivity contribution < 1.29 is 27.5 Å². The summed E-state index contributed by atoms with van der Waals surface area (Å²) in [6.07, 6.45) is 3.76. The summed E-state index contributed by atoms with van der Waals surface area (Å²) in [6, 6.07) is 10.4. The van der Waals surface area contributed by atoms with Crippen LogP contribution in [0.25, 0.3) is 0 Å². The van der Waals surface area contributed by atoms with Gasteiger partial charge in [0, 0.05) is 57.4 Å². The lowest BCUT2D eigenvalue weighted by atomic mass is 9.95. The van der Waals surface area contributed by atoms with Crippen LogP contribution in [0.5, 0.6) is 0 Å². The summed E-state index contributed by atoms with van der Waals surface area (Å²) in [4.78, 5) is 31.4. The van der Waals surface area contributed by atoms with Gasteiger partial charge in [-0.05, 0) is 77.9 Å². The van der Waals surface area contributed by atoms with Crippen molar-refractivity contribution in [1.29, 1.82) is 0 Å². The molecule has 4 aliphatic heterocycles. The number of carbonyl (C=O) groups excluding carboxylic acids is 2. The molecule has 43 heavy (non-hydrogen) atoms. The molecular weight excluding hydrogens is 570 g/mol. The fraction of sp³-hybridized carbons (Fsp3) is 0.742. The summed E-state index contributed by atoms with van der Waals surface area (Å²) in [5.74, 6) is 0. The van der Waals surface area contributed by atoms with Crippen LogP contribution in [-0.4, -0.2) is 121 Å². The average Bonchev–Trinajstić information content (AvgIpc) is 2.96. The van der Waals surface area contributed by atoms with Crippen LogP contribution in [0.15, 0.2) is 30.3 Å². The van der Waals surface area contributed by atoms with Gasteiger partial charge in [-0.3, -0.25) is 9.80 Å². The number of piperidine rings is 3. The lowest BCUT2D eigenvalue weighted by Gasteiger charge is -2.52. The number of carbonyl (C=O) groups is 2. The van der Waals surface area contributed by atoms with Crippen molar-refractivity contribution in [1.82, 2.24) is 24.3 Å². The van der Waals surface area contributed by atoms with Gasteiger partial charge in [-0.15, -0.1) is 0 Å². The van der Waals surface area contributed by atoms with Crippen molar-refractivity contribution in [2.45, 2.75) is 94.9 Å². The second kappa shape index (κ2) is 13.7. The topological polar surface area (TPSA) is 112 Å². The van der Waals surface area contributed by atoms with Crippen LogP contribution in [0.2, 0.25) is 0 Å². The van der Waals surface area contributed by atoms with Gasteiger partial charge in [-0.2, -0.15) is 0 Å². The first-order valence-corrected chi connectivity index (χ1v) is 17.4. The van der Waals surface area contributed by atoms with Crippen LogP contribution < -0.4 is 5.32 Å². The number of sulfonamides is 1. The number of nitrogens with zero attached hydrogens (tertiary/aromatic N) is 4. The highest BCUT2D eigenvalue weighted by atomic mass is 32.2. The quantitative estimate of drug-likeness (QED) is 0.495. The van der Waals surface area contributed by atoms with Crippen LogP contribution in [-0.2, 0) is 26.1 Å². The Balaban J connectivity index is 0.976. The maximum absolute atomic E-state index is 13.4. The molecule has 12 heteroatoms. The van der Waals surface area contributed by atoms with Gasteiger partial charge in [0.05, 0.1) is 5.25 Å². The van der Waals surface area contributed by atoms with Crippen molar-refractivity contribution in [3.8, 4) is 0 Å². The second-order valence-electron chi connectivity index (χ2n) is 13.5. The van der Waals surface area contributed by atoms with Crippen LogP contribution in [0.1, 0.15) is 64.9 Å². The molecule has 4 aliphatic rings. The van der Waals surface area contributed by atoms with Gasteiger partial charge >= 0.3 is 12.2 Å². The molecular formula is C31H49N5O6S. The third-order valence-electron chi connectivity index (χ3n) is 9.29. The Morgan fingerprint density at radius 1 is 0.837 bits per heavy atom. The number of ether oxygens (including phenoxy) is 2. The number of hydrogen-bond acceptors (Lipinski definition) is 8. The zero-order chi connectivity index (χ0) is 30.6. The second-order valence-corrected chi connectivity index (χ2v) is 15.7. The summed E-state index contributed by atoms with van der Waals surface area (Å²) in [6.45, 7) is 11.9. The largest absolute Gasteiger partial charge is 0.445 e. The number of benzene rings is 1. The first-order valence-electron chi connectivity index (χ1n) is 15.9. The van der Waals surface area contributed by atoms with Crippen molar-refractivity contribution in [2.75, 3.05) is 52.4 Å². The fourth-order valence-electron chi connectivity index (χ4n) is 6.69. The van der Waals surface area contributed by atoms with Crippen molar-refractivity contribution in [3.05, 3.63) is 35.9 Å². The van der Waals surface area contributed by atoms with Gasteiger partial charge in [0.25, 0.3) is 0 Å². The molecule has 0 unspecified atom stereocenters. The zero-order valence-electron chi connectivity index (χ0n) is 25.9. The molecule has 1 N–H and O–H groups in total.